The van der Waals surface area contributed by atoms with E-state index in [-0.39, 0.29) is 23.7 Å². The van der Waals surface area contributed by atoms with Gasteiger partial charge in [0.25, 0.3) is 0 Å². The summed E-state index contributed by atoms with van der Waals surface area (Å²) in [4.78, 5) is 19.0. The van der Waals surface area contributed by atoms with Crippen molar-refractivity contribution in [2.45, 2.75) is 71.8 Å². The van der Waals surface area contributed by atoms with E-state index in [9.17, 15) is 9.90 Å². The monoisotopic (exact) mass is 598 g/mol. The van der Waals surface area contributed by atoms with Crippen molar-refractivity contribution in [1.82, 2.24) is 9.88 Å². The van der Waals surface area contributed by atoms with Gasteiger partial charge in [-0.1, -0.05) is 36.4 Å². The number of benzene rings is 2. The summed E-state index contributed by atoms with van der Waals surface area (Å²) in [5.74, 6) is -0.154. The van der Waals surface area contributed by atoms with Crippen molar-refractivity contribution in [1.29, 1.82) is 5.41 Å². The summed E-state index contributed by atoms with van der Waals surface area (Å²) in [5, 5.41) is 19.9. The number of fused-ring (bicyclic) bond motifs is 1. The normalized spacial score (nSPS) is 18.5. The molecule has 1 unspecified atom stereocenters. The number of carboxylic acid groups (broad SMARTS) is 1. The third kappa shape index (κ3) is 7.29. The number of nitrogens with zero attached hydrogens (tertiary/aromatic N) is 2. The number of rotatable bonds is 11. The van der Waals surface area contributed by atoms with E-state index >= 15 is 0 Å². The van der Waals surface area contributed by atoms with Crippen molar-refractivity contribution < 1.29 is 24.1 Å². The predicted molar refractivity (Wildman–Crippen MR) is 171 cm³/mol. The fraction of sp³-hybridized carbons (Fsp3) is 0.400. The second kappa shape index (κ2) is 13.6. The SMILES string of the molecule is CCO/C(Nc1cccc(-c2cccc(C)c2OCc2ccc3c(c2)CCN(C2CCOC(C)(C)C2)C3)n1)=C(/C=N)C(=O)O. The fourth-order valence-corrected chi connectivity index (χ4v) is 6.06. The van der Waals surface area contributed by atoms with Gasteiger partial charge in [0.05, 0.1) is 17.9 Å². The lowest BCUT2D eigenvalue weighted by Gasteiger charge is -2.43. The van der Waals surface area contributed by atoms with Crippen LogP contribution in [0.3, 0.4) is 0 Å². The smallest absolute Gasteiger partial charge is 0.342 e. The first kappa shape index (κ1) is 31.2. The summed E-state index contributed by atoms with van der Waals surface area (Å²) in [5.41, 5.74) is 6.05. The van der Waals surface area contributed by atoms with Crippen molar-refractivity contribution in [3.63, 3.8) is 0 Å². The maximum Gasteiger partial charge on any atom is 0.342 e. The van der Waals surface area contributed by atoms with Crippen molar-refractivity contribution >= 4 is 18.0 Å². The van der Waals surface area contributed by atoms with Crippen LogP contribution in [0.1, 0.15) is 55.9 Å². The van der Waals surface area contributed by atoms with E-state index in [1.54, 1.807) is 13.0 Å². The second-order valence-electron chi connectivity index (χ2n) is 12.0. The number of para-hydroxylation sites is 1. The summed E-state index contributed by atoms with van der Waals surface area (Å²) in [6.07, 6.45) is 3.94. The van der Waals surface area contributed by atoms with Gasteiger partial charge in [-0.05, 0) is 87.4 Å². The van der Waals surface area contributed by atoms with Gasteiger partial charge < -0.3 is 30.0 Å². The Bertz CT molecular complexity index is 1550. The van der Waals surface area contributed by atoms with Crippen LogP contribution in [0.5, 0.6) is 5.75 Å². The number of anilines is 1. The summed E-state index contributed by atoms with van der Waals surface area (Å²) in [6, 6.07) is 18.7. The van der Waals surface area contributed by atoms with Crippen LogP contribution in [0.4, 0.5) is 5.82 Å². The molecule has 1 fully saturated rings. The molecule has 3 N–H and O–H groups in total. The van der Waals surface area contributed by atoms with E-state index in [0.717, 1.165) is 67.6 Å². The molecule has 2 aliphatic heterocycles. The van der Waals surface area contributed by atoms with Crippen molar-refractivity contribution in [3.05, 3.63) is 88.3 Å². The van der Waals surface area contributed by atoms with E-state index in [1.807, 2.05) is 37.3 Å². The number of ether oxygens (including phenoxy) is 3. The number of aliphatic carboxylic acids is 1. The number of carboxylic acids is 1. The van der Waals surface area contributed by atoms with Gasteiger partial charge in [0.1, 0.15) is 23.7 Å². The highest BCUT2D eigenvalue weighted by atomic mass is 16.5. The second-order valence-corrected chi connectivity index (χ2v) is 12.0. The number of hydrogen-bond donors (Lipinski definition) is 3. The van der Waals surface area contributed by atoms with E-state index in [4.69, 9.17) is 24.6 Å². The molecule has 5 rings (SSSR count). The molecule has 0 spiro atoms. The van der Waals surface area contributed by atoms with E-state index < -0.39 is 5.97 Å². The molecule has 3 aromatic rings. The average Bonchev–Trinajstić information content (AvgIpc) is 3.00. The molecule has 0 radical (unpaired) electrons. The molecule has 0 bridgehead atoms. The van der Waals surface area contributed by atoms with E-state index in [1.165, 1.54) is 11.1 Å². The molecule has 44 heavy (non-hydrogen) atoms. The Morgan fingerprint density at radius 3 is 2.77 bits per heavy atom. The Labute approximate surface area is 259 Å². The third-order valence-corrected chi connectivity index (χ3v) is 8.27. The van der Waals surface area contributed by atoms with Crippen LogP contribution in [-0.2, 0) is 33.8 Å². The molecule has 9 nitrogen and oxygen atoms in total. The lowest BCUT2D eigenvalue weighted by Crippen LogP contribution is -2.47. The zero-order valence-corrected chi connectivity index (χ0v) is 26.0. The Morgan fingerprint density at radius 1 is 1.20 bits per heavy atom. The van der Waals surface area contributed by atoms with Crippen LogP contribution < -0.4 is 10.1 Å². The first-order valence-electron chi connectivity index (χ1n) is 15.2. The van der Waals surface area contributed by atoms with Crippen LogP contribution in [0, 0.1) is 12.3 Å². The Hall–Kier alpha value is -4.21. The third-order valence-electron chi connectivity index (χ3n) is 8.27. The Balaban J connectivity index is 1.31. The average molecular weight is 599 g/mol. The van der Waals surface area contributed by atoms with Crippen LogP contribution in [0.2, 0.25) is 0 Å². The Morgan fingerprint density at radius 2 is 2.02 bits per heavy atom. The standard InChI is InChI=1S/C35H42N4O5/c1-5-42-33(29(20-36)34(40)41)38-31-11-7-10-30(37-31)28-9-6-8-23(2)32(28)43-22-24-12-13-26-21-39(16-14-25(26)18-24)27-15-17-44-35(3,4)19-27/h6-13,18,20,27,36H,5,14-17,19,21-22H2,1-4H3,(H,37,38)(H,40,41)/b33-29-,36-20?. The number of hydrogen-bond acceptors (Lipinski definition) is 8. The molecule has 2 aliphatic rings. The quantitative estimate of drug-likeness (QED) is 0.133. The first-order chi connectivity index (χ1) is 21.2. The van der Waals surface area contributed by atoms with E-state index in [0.29, 0.717) is 24.2 Å². The molecular formula is C35H42N4O5. The molecule has 3 heterocycles. The highest BCUT2D eigenvalue weighted by molar-refractivity contribution is 6.08. The Kier molecular flexibility index (Phi) is 9.66. The number of aryl methyl sites for hydroxylation is 1. The zero-order chi connectivity index (χ0) is 31.3. The van der Waals surface area contributed by atoms with Gasteiger partial charge in [0.2, 0.25) is 5.88 Å². The molecule has 232 valence electrons. The highest BCUT2D eigenvalue weighted by Crippen LogP contribution is 2.34. The summed E-state index contributed by atoms with van der Waals surface area (Å²) in [7, 11) is 0. The molecule has 0 saturated carbocycles. The summed E-state index contributed by atoms with van der Waals surface area (Å²) in [6.45, 7) is 11.7. The highest BCUT2D eigenvalue weighted by Gasteiger charge is 2.33. The minimum atomic E-state index is -1.26. The molecule has 0 amide bonds. The molecule has 1 atom stereocenters. The maximum absolute atomic E-state index is 11.6. The van der Waals surface area contributed by atoms with Crippen LogP contribution in [0.15, 0.2) is 66.1 Å². The fourth-order valence-electron chi connectivity index (χ4n) is 6.06. The minimum absolute atomic E-state index is 0.0347. The van der Waals surface area contributed by atoms with E-state index in [2.05, 4.69) is 42.3 Å². The van der Waals surface area contributed by atoms with Gasteiger partial charge in [-0.15, -0.1) is 0 Å². The minimum Gasteiger partial charge on any atom is -0.488 e. The molecule has 1 saturated heterocycles. The van der Waals surface area contributed by atoms with Crippen LogP contribution >= 0.6 is 0 Å². The largest absolute Gasteiger partial charge is 0.488 e. The predicted octanol–water partition coefficient (Wildman–Crippen LogP) is 6.35. The lowest BCUT2D eigenvalue weighted by atomic mass is 9.90. The maximum atomic E-state index is 11.6. The number of carbonyl (C=O) groups is 1. The number of aromatic nitrogens is 1. The molecule has 1 aromatic heterocycles. The van der Waals surface area contributed by atoms with Crippen LogP contribution in [0.25, 0.3) is 11.3 Å². The van der Waals surface area contributed by atoms with Crippen molar-refractivity contribution in [3.8, 4) is 17.0 Å². The van der Waals surface area contributed by atoms with Gasteiger partial charge in [0.15, 0.2) is 0 Å². The summed E-state index contributed by atoms with van der Waals surface area (Å²) >= 11 is 0. The van der Waals surface area contributed by atoms with Crippen molar-refractivity contribution in [2.24, 2.45) is 0 Å². The number of pyridine rings is 1. The van der Waals surface area contributed by atoms with Gasteiger partial charge in [-0.25, -0.2) is 9.78 Å². The first-order valence-corrected chi connectivity index (χ1v) is 15.2. The molecule has 9 heteroatoms. The van der Waals surface area contributed by atoms with Gasteiger partial charge in [-0.3, -0.25) is 4.90 Å². The molecular weight excluding hydrogens is 556 g/mol. The lowest BCUT2D eigenvalue weighted by molar-refractivity contribution is -0.132. The van der Waals surface area contributed by atoms with Crippen molar-refractivity contribution in [2.75, 3.05) is 25.1 Å². The molecule has 2 aromatic carbocycles. The zero-order valence-electron chi connectivity index (χ0n) is 26.0. The van der Waals surface area contributed by atoms with Gasteiger partial charge in [0, 0.05) is 37.5 Å². The topological polar surface area (TPSA) is 117 Å². The molecule has 0 aliphatic carbocycles. The van der Waals surface area contributed by atoms with Gasteiger partial charge in [-0.2, -0.15) is 0 Å². The van der Waals surface area contributed by atoms with Crippen LogP contribution in [-0.4, -0.2) is 58.6 Å². The number of nitrogens with one attached hydrogen (secondary N) is 2. The van der Waals surface area contributed by atoms with Gasteiger partial charge >= 0.3 is 5.97 Å². The summed E-state index contributed by atoms with van der Waals surface area (Å²) < 4.78 is 17.9.